The second-order valence-electron chi connectivity index (χ2n) is 5.38. The highest BCUT2D eigenvalue weighted by Gasteiger charge is 2.22. The Hall–Kier alpha value is -2.92. The Morgan fingerprint density at radius 1 is 1.07 bits per heavy atom. The van der Waals surface area contributed by atoms with Crippen molar-refractivity contribution in [2.75, 3.05) is 10.0 Å². The summed E-state index contributed by atoms with van der Waals surface area (Å²) in [7, 11) is -4.18. The number of aryl methyl sites for hydroxylation is 1. The van der Waals surface area contributed by atoms with Gasteiger partial charge in [-0.25, -0.2) is 8.78 Å². The molecule has 2 aromatic carbocycles. The van der Waals surface area contributed by atoms with E-state index >= 15 is 0 Å². The molecule has 0 unspecified atom stereocenters. The fourth-order valence-electron chi connectivity index (χ4n) is 2.12. The van der Waals surface area contributed by atoms with E-state index in [2.05, 4.69) is 20.2 Å². The highest BCUT2D eigenvalue weighted by molar-refractivity contribution is 7.94. The van der Waals surface area contributed by atoms with Crippen molar-refractivity contribution in [1.82, 2.24) is 10.2 Å². The van der Waals surface area contributed by atoms with Crippen LogP contribution in [-0.4, -0.2) is 24.5 Å². The summed E-state index contributed by atoms with van der Waals surface area (Å²) in [5.74, 6) is -2.75. The molecule has 1 amide bonds. The van der Waals surface area contributed by atoms with Crippen molar-refractivity contribution in [3.63, 3.8) is 0 Å². The van der Waals surface area contributed by atoms with Crippen LogP contribution in [0.15, 0.2) is 46.8 Å². The number of aromatic nitrogens is 2. The van der Waals surface area contributed by atoms with Crippen LogP contribution in [0.3, 0.4) is 0 Å². The average Bonchev–Trinajstić information content (AvgIpc) is 3.08. The fraction of sp³-hybridized carbons (Fsp3) is 0.0625. The lowest BCUT2D eigenvalue weighted by atomic mass is 10.1. The van der Waals surface area contributed by atoms with Gasteiger partial charge in [0, 0.05) is 11.6 Å². The highest BCUT2D eigenvalue weighted by atomic mass is 32.2. The summed E-state index contributed by atoms with van der Waals surface area (Å²) in [6.07, 6.45) is 0. The van der Waals surface area contributed by atoms with Gasteiger partial charge in [0.05, 0.1) is 5.69 Å². The van der Waals surface area contributed by atoms with Crippen molar-refractivity contribution < 1.29 is 22.0 Å². The van der Waals surface area contributed by atoms with Gasteiger partial charge in [0.15, 0.2) is 11.6 Å². The number of hydrogen-bond donors (Lipinski definition) is 2. The summed E-state index contributed by atoms with van der Waals surface area (Å²) in [6.45, 7) is 1.76. The summed E-state index contributed by atoms with van der Waals surface area (Å²) >= 11 is 0.623. The van der Waals surface area contributed by atoms with Gasteiger partial charge in [-0.1, -0.05) is 29.5 Å². The van der Waals surface area contributed by atoms with Gasteiger partial charge in [-0.3, -0.25) is 14.8 Å². The molecule has 1 aromatic heterocycles. The van der Waals surface area contributed by atoms with Crippen molar-refractivity contribution in [2.24, 2.45) is 0 Å². The molecule has 0 aliphatic heterocycles. The summed E-state index contributed by atoms with van der Waals surface area (Å²) in [4.78, 5) is 12.2. The number of benzene rings is 2. The van der Waals surface area contributed by atoms with Gasteiger partial charge in [0.2, 0.25) is 5.13 Å². The van der Waals surface area contributed by atoms with E-state index in [1.54, 1.807) is 31.2 Å². The van der Waals surface area contributed by atoms with Crippen molar-refractivity contribution in [2.45, 2.75) is 11.3 Å². The molecule has 7 nitrogen and oxygen atoms in total. The molecule has 0 fully saturated rings. The maximum atomic E-state index is 13.2. The number of sulfonamides is 1. The van der Waals surface area contributed by atoms with Gasteiger partial charge in [-0.05, 0) is 30.7 Å². The standard InChI is InChI=1S/C16H12F2N4O3S2/c1-9-4-2-3-5-11(9)14(23)19-15-20-21-16(26-15)27(24,25)22-10-6-7-12(17)13(18)8-10/h2-8,22H,1H3,(H,19,20,23). The van der Waals surface area contributed by atoms with Crippen LogP contribution in [0.1, 0.15) is 15.9 Å². The first kappa shape index (κ1) is 18.9. The molecule has 0 spiro atoms. The van der Waals surface area contributed by atoms with Gasteiger partial charge < -0.3 is 0 Å². The van der Waals surface area contributed by atoms with Gasteiger partial charge in [-0.2, -0.15) is 8.42 Å². The summed E-state index contributed by atoms with van der Waals surface area (Å²) in [6, 6.07) is 9.42. The Labute approximate surface area is 157 Å². The van der Waals surface area contributed by atoms with Gasteiger partial charge >= 0.3 is 0 Å². The monoisotopic (exact) mass is 410 g/mol. The predicted octanol–water partition coefficient (Wildman–Crippen LogP) is 3.18. The predicted molar refractivity (Wildman–Crippen MR) is 96.2 cm³/mol. The zero-order chi connectivity index (χ0) is 19.6. The minimum absolute atomic E-state index is 0.0195. The van der Waals surface area contributed by atoms with E-state index in [0.29, 0.717) is 23.0 Å². The molecule has 0 saturated carbocycles. The molecule has 0 radical (unpaired) electrons. The van der Waals surface area contributed by atoms with E-state index in [9.17, 15) is 22.0 Å². The first-order valence-corrected chi connectivity index (χ1v) is 9.74. The number of carbonyl (C=O) groups is 1. The first-order chi connectivity index (χ1) is 12.8. The van der Waals surface area contributed by atoms with E-state index in [1.165, 1.54) is 0 Å². The molecule has 0 aliphatic rings. The Morgan fingerprint density at radius 3 is 2.52 bits per heavy atom. The van der Waals surface area contributed by atoms with Crippen LogP contribution in [0.25, 0.3) is 0 Å². The van der Waals surface area contributed by atoms with Crippen molar-refractivity contribution in [3.05, 3.63) is 65.2 Å². The Bertz CT molecular complexity index is 1120. The molecule has 0 aliphatic carbocycles. The number of anilines is 2. The minimum Gasteiger partial charge on any atom is -0.296 e. The fourth-order valence-corrected chi connectivity index (χ4v) is 4.07. The quantitative estimate of drug-likeness (QED) is 0.629. The first-order valence-electron chi connectivity index (χ1n) is 7.44. The van der Waals surface area contributed by atoms with Crippen LogP contribution in [0.4, 0.5) is 19.6 Å². The van der Waals surface area contributed by atoms with Gasteiger partial charge in [-0.15, -0.1) is 10.2 Å². The third kappa shape index (κ3) is 4.26. The zero-order valence-electron chi connectivity index (χ0n) is 13.7. The largest absolute Gasteiger partial charge is 0.296 e. The SMILES string of the molecule is Cc1ccccc1C(=O)Nc1nnc(S(=O)(=O)Nc2ccc(F)c(F)c2)s1. The molecule has 2 N–H and O–H groups in total. The number of nitrogens with one attached hydrogen (secondary N) is 2. The molecule has 11 heteroatoms. The maximum absolute atomic E-state index is 13.2. The highest BCUT2D eigenvalue weighted by Crippen LogP contribution is 2.24. The summed E-state index contributed by atoms with van der Waals surface area (Å²) in [5.41, 5.74) is 0.985. The second kappa shape index (κ2) is 7.37. The number of hydrogen-bond acceptors (Lipinski definition) is 6. The Balaban J connectivity index is 1.77. The van der Waals surface area contributed by atoms with Crippen LogP contribution in [0, 0.1) is 18.6 Å². The van der Waals surface area contributed by atoms with Crippen LogP contribution in [0.5, 0.6) is 0 Å². The molecule has 140 valence electrons. The Kier molecular flexibility index (Phi) is 5.15. The summed E-state index contributed by atoms with van der Waals surface area (Å²) < 4.78 is 52.4. The molecule has 0 bridgehead atoms. The molecule has 3 rings (SSSR count). The maximum Gasteiger partial charge on any atom is 0.291 e. The number of carbonyl (C=O) groups excluding carboxylic acids is 1. The van der Waals surface area contributed by atoms with Crippen molar-refractivity contribution in [3.8, 4) is 0 Å². The lowest BCUT2D eigenvalue weighted by molar-refractivity contribution is 0.102. The lowest BCUT2D eigenvalue weighted by Gasteiger charge is -2.05. The minimum atomic E-state index is -4.18. The normalized spacial score (nSPS) is 11.2. The lowest BCUT2D eigenvalue weighted by Crippen LogP contribution is -2.13. The van der Waals surface area contributed by atoms with Crippen LogP contribution in [-0.2, 0) is 10.0 Å². The van der Waals surface area contributed by atoms with E-state index in [0.717, 1.165) is 17.7 Å². The van der Waals surface area contributed by atoms with Gasteiger partial charge in [0.1, 0.15) is 0 Å². The van der Waals surface area contributed by atoms with E-state index in [-0.39, 0.29) is 10.8 Å². The van der Waals surface area contributed by atoms with Crippen LogP contribution >= 0.6 is 11.3 Å². The molecule has 1 heterocycles. The van der Waals surface area contributed by atoms with E-state index < -0.39 is 31.9 Å². The molecule has 0 atom stereocenters. The van der Waals surface area contributed by atoms with Crippen LogP contribution < -0.4 is 10.0 Å². The molecule has 3 aromatic rings. The summed E-state index contributed by atoms with van der Waals surface area (Å²) in [5, 5.41) is 9.62. The van der Waals surface area contributed by atoms with Crippen molar-refractivity contribution >= 4 is 38.1 Å². The average molecular weight is 410 g/mol. The number of halogens is 2. The molecular formula is C16H12F2N4O3S2. The van der Waals surface area contributed by atoms with E-state index in [1.807, 2.05) is 0 Å². The molecule has 0 saturated heterocycles. The molecule has 27 heavy (non-hydrogen) atoms. The van der Waals surface area contributed by atoms with Crippen molar-refractivity contribution in [1.29, 1.82) is 0 Å². The smallest absolute Gasteiger partial charge is 0.291 e. The second-order valence-corrected chi connectivity index (χ2v) is 8.21. The number of nitrogens with zero attached hydrogens (tertiary/aromatic N) is 2. The Morgan fingerprint density at radius 2 is 1.81 bits per heavy atom. The number of rotatable bonds is 5. The van der Waals surface area contributed by atoms with Gasteiger partial charge in [0.25, 0.3) is 20.3 Å². The topological polar surface area (TPSA) is 101 Å². The third-order valence-corrected chi connectivity index (χ3v) is 6.01. The van der Waals surface area contributed by atoms with Crippen LogP contribution in [0.2, 0.25) is 0 Å². The van der Waals surface area contributed by atoms with E-state index in [4.69, 9.17) is 0 Å². The third-order valence-electron chi connectivity index (χ3n) is 3.42. The molecular weight excluding hydrogens is 398 g/mol. The zero-order valence-corrected chi connectivity index (χ0v) is 15.4. The number of amides is 1.